The summed E-state index contributed by atoms with van der Waals surface area (Å²) in [7, 11) is -3.25. The van der Waals surface area contributed by atoms with Gasteiger partial charge in [0.05, 0.1) is 5.04 Å². The number of rotatable bonds is 5. The summed E-state index contributed by atoms with van der Waals surface area (Å²) in [5.74, 6) is 0. The Balaban J connectivity index is 1.61. The molecule has 0 spiro atoms. The Morgan fingerprint density at radius 1 is 0.435 bits per heavy atom. The van der Waals surface area contributed by atoms with E-state index in [2.05, 4.69) is 182 Å². The SMILES string of the molecule is c1ccc(C2([Si](c3ccccc3)(c3ccccc3)c3cccc4c3oc3ccccc34)c3ccccc3Sc3ccccc32)cc1. The van der Waals surface area contributed by atoms with E-state index in [-0.39, 0.29) is 0 Å². The maximum Gasteiger partial charge on any atom is 0.172 e. The van der Waals surface area contributed by atoms with Crippen LogP contribution >= 0.6 is 11.8 Å². The van der Waals surface area contributed by atoms with Crippen molar-refractivity contribution in [2.45, 2.75) is 14.8 Å². The van der Waals surface area contributed by atoms with E-state index in [0.717, 1.165) is 21.9 Å². The van der Waals surface area contributed by atoms with E-state index in [4.69, 9.17) is 4.42 Å². The minimum absolute atomic E-state index is 0.553. The third-order valence-corrected chi connectivity index (χ3v) is 16.5. The van der Waals surface area contributed by atoms with Crippen LogP contribution in [0.15, 0.2) is 196 Å². The molecule has 0 atom stereocenters. The first-order valence-corrected chi connectivity index (χ1v) is 18.6. The van der Waals surface area contributed by atoms with Crippen molar-refractivity contribution in [3.8, 4) is 0 Å². The summed E-state index contributed by atoms with van der Waals surface area (Å²) in [5.41, 5.74) is 5.88. The maximum absolute atomic E-state index is 7.01. The lowest BCUT2D eigenvalue weighted by atomic mass is 9.83. The Morgan fingerprint density at radius 3 is 1.57 bits per heavy atom. The average Bonchev–Trinajstić information content (AvgIpc) is 3.52. The molecule has 0 N–H and O–H groups in total. The largest absolute Gasteiger partial charge is 0.456 e. The van der Waals surface area contributed by atoms with E-state index in [1.54, 1.807) is 0 Å². The van der Waals surface area contributed by atoms with Crippen LogP contribution in [0.2, 0.25) is 0 Å². The Kier molecular flexibility index (Phi) is 6.37. The first-order chi connectivity index (χ1) is 22.8. The normalized spacial score (nSPS) is 13.7. The lowest BCUT2D eigenvalue weighted by molar-refractivity contribution is 0.670. The minimum atomic E-state index is -3.25. The van der Waals surface area contributed by atoms with Crippen molar-refractivity contribution in [1.82, 2.24) is 0 Å². The Hall–Kier alpha value is -5.09. The zero-order valence-corrected chi connectivity index (χ0v) is 27.0. The van der Waals surface area contributed by atoms with Crippen molar-refractivity contribution < 1.29 is 4.42 Å². The summed E-state index contributed by atoms with van der Waals surface area (Å²) in [4.78, 5) is 2.59. The fourth-order valence-corrected chi connectivity index (χ4v) is 15.8. The van der Waals surface area contributed by atoms with Crippen LogP contribution in [0.1, 0.15) is 16.7 Å². The second kappa shape index (κ2) is 10.8. The topological polar surface area (TPSA) is 13.1 Å². The molecule has 1 nitrogen and oxygen atoms in total. The van der Waals surface area contributed by atoms with Gasteiger partial charge in [0.1, 0.15) is 11.2 Å². The van der Waals surface area contributed by atoms with Crippen molar-refractivity contribution in [2.75, 3.05) is 0 Å². The molecule has 9 rings (SSSR count). The molecule has 0 unspecified atom stereocenters. The van der Waals surface area contributed by atoms with Gasteiger partial charge in [-0.05, 0) is 50.4 Å². The van der Waals surface area contributed by atoms with Crippen molar-refractivity contribution in [2.24, 2.45) is 0 Å². The van der Waals surface area contributed by atoms with Gasteiger partial charge in [0.2, 0.25) is 0 Å². The van der Waals surface area contributed by atoms with Crippen molar-refractivity contribution in [3.63, 3.8) is 0 Å². The predicted octanol–water partition coefficient (Wildman–Crippen LogP) is 9.09. The molecule has 0 radical (unpaired) electrons. The molecule has 1 aliphatic rings. The van der Waals surface area contributed by atoms with Gasteiger partial charge < -0.3 is 4.42 Å². The predicted molar refractivity (Wildman–Crippen MR) is 195 cm³/mol. The van der Waals surface area contributed by atoms with Gasteiger partial charge in [-0.15, -0.1) is 0 Å². The molecule has 8 aromatic rings. The van der Waals surface area contributed by atoms with Gasteiger partial charge in [0.15, 0.2) is 8.07 Å². The van der Waals surface area contributed by atoms with E-state index in [1.165, 1.54) is 42.0 Å². The number of para-hydroxylation sites is 2. The zero-order valence-electron chi connectivity index (χ0n) is 25.1. The molecule has 1 aromatic heterocycles. The quantitative estimate of drug-likeness (QED) is 0.140. The molecule has 1 aliphatic heterocycles. The first-order valence-electron chi connectivity index (χ1n) is 15.8. The molecular formula is C43H30OSSi. The van der Waals surface area contributed by atoms with E-state index in [1.807, 2.05) is 11.8 Å². The summed E-state index contributed by atoms with van der Waals surface area (Å²) in [6.45, 7) is 0. The molecule has 0 amide bonds. The Labute approximate surface area is 274 Å². The van der Waals surface area contributed by atoms with Gasteiger partial charge in [0, 0.05) is 20.6 Å². The minimum Gasteiger partial charge on any atom is -0.456 e. The molecule has 0 bridgehead atoms. The van der Waals surface area contributed by atoms with Gasteiger partial charge in [-0.25, -0.2) is 0 Å². The Bertz CT molecular complexity index is 2260. The lowest BCUT2D eigenvalue weighted by Gasteiger charge is -2.54. The lowest BCUT2D eigenvalue weighted by Crippen LogP contribution is -2.79. The van der Waals surface area contributed by atoms with Gasteiger partial charge in [-0.2, -0.15) is 0 Å². The molecule has 0 saturated heterocycles. The van der Waals surface area contributed by atoms with Crippen molar-refractivity contribution >= 4 is 57.3 Å². The summed E-state index contributed by atoms with van der Waals surface area (Å²) in [5, 5.41) is 5.72. The maximum atomic E-state index is 7.01. The molecule has 46 heavy (non-hydrogen) atoms. The fraction of sp³-hybridized carbons (Fsp3) is 0.0233. The highest BCUT2D eigenvalue weighted by Gasteiger charge is 2.62. The molecule has 7 aromatic carbocycles. The average molecular weight is 623 g/mol. The third kappa shape index (κ3) is 3.70. The van der Waals surface area contributed by atoms with Crippen LogP contribution in [-0.4, -0.2) is 8.07 Å². The second-order valence-corrected chi connectivity index (χ2v) is 17.0. The Morgan fingerprint density at radius 2 is 0.935 bits per heavy atom. The number of hydrogen-bond acceptors (Lipinski definition) is 2. The van der Waals surface area contributed by atoms with Crippen LogP contribution in [0.4, 0.5) is 0 Å². The molecule has 3 heteroatoms. The molecular weight excluding hydrogens is 593 g/mol. The smallest absolute Gasteiger partial charge is 0.172 e. The standard InChI is InChI=1S/C43H30OSSi/c1-4-17-31(18-5-1)43(36-25-11-14-28-39(36)45-40-29-15-12-26-37(40)43)46(32-19-6-2-7-20-32,33-21-8-3-9-22-33)41-30-16-24-35-34-23-10-13-27-38(34)44-42(35)41/h1-30H. The summed E-state index contributed by atoms with van der Waals surface area (Å²) in [6.07, 6.45) is 0. The third-order valence-electron chi connectivity index (χ3n) is 9.79. The van der Waals surface area contributed by atoms with E-state index < -0.39 is 13.1 Å². The highest BCUT2D eigenvalue weighted by molar-refractivity contribution is 7.99. The van der Waals surface area contributed by atoms with Gasteiger partial charge in [0.25, 0.3) is 0 Å². The van der Waals surface area contributed by atoms with Crippen molar-refractivity contribution in [1.29, 1.82) is 0 Å². The van der Waals surface area contributed by atoms with E-state index >= 15 is 0 Å². The number of furan rings is 1. The molecule has 0 aliphatic carbocycles. The zero-order chi connectivity index (χ0) is 30.6. The van der Waals surface area contributed by atoms with E-state index in [9.17, 15) is 0 Å². The summed E-state index contributed by atoms with van der Waals surface area (Å²) < 4.78 is 7.01. The van der Waals surface area contributed by atoms with Crippen LogP contribution < -0.4 is 15.6 Å². The molecule has 0 fully saturated rings. The van der Waals surface area contributed by atoms with Crippen LogP contribution in [0.3, 0.4) is 0 Å². The van der Waals surface area contributed by atoms with Gasteiger partial charge in [-0.1, -0.05) is 176 Å². The second-order valence-electron chi connectivity index (χ2n) is 12.0. The molecule has 2 heterocycles. The highest BCUT2D eigenvalue weighted by atomic mass is 32.2. The fourth-order valence-electron chi connectivity index (χ4n) is 8.15. The monoisotopic (exact) mass is 622 g/mol. The number of fused-ring (bicyclic) bond motifs is 5. The van der Waals surface area contributed by atoms with E-state index in [0.29, 0.717) is 0 Å². The number of benzene rings is 7. The van der Waals surface area contributed by atoms with Gasteiger partial charge in [-0.3, -0.25) is 0 Å². The van der Waals surface area contributed by atoms with Crippen LogP contribution in [0, 0.1) is 0 Å². The number of hydrogen-bond donors (Lipinski definition) is 0. The van der Waals surface area contributed by atoms with Crippen molar-refractivity contribution in [3.05, 3.63) is 199 Å². The first kappa shape index (κ1) is 27.2. The van der Waals surface area contributed by atoms with Crippen LogP contribution in [-0.2, 0) is 5.04 Å². The molecule has 218 valence electrons. The molecule has 0 saturated carbocycles. The van der Waals surface area contributed by atoms with Crippen LogP contribution in [0.5, 0.6) is 0 Å². The highest BCUT2D eigenvalue weighted by Crippen LogP contribution is 2.56. The summed E-state index contributed by atoms with van der Waals surface area (Å²) in [6, 6.07) is 67.4. The summed E-state index contributed by atoms with van der Waals surface area (Å²) >= 11 is 1.89. The van der Waals surface area contributed by atoms with Gasteiger partial charge >= 0.3 is 0 Å². The van der Waals surface area contributed by atoms with Crippen LogP contribution in [0.25, 0.3) is 21.9 Å².